The predicted octanol–water partition coefficient (Wildman–Crippen LogP) is 18.5. The first-order valence-corrected chi connectivity index (χ1v) is 28.3. The Bertz CT molecular complexity index is 964. The van der Waals surface area contributed by atoms with Gasteiger partial charge in [0.05, 0.1) is 0 Å². The van der Waals surface area contributed by atoms with Crippen molar-refractivity contribution in [3.63, 3.8) is 0 Å². The number of unbranched alkanes of at least 4 members (excludes halogenated alkanes) is 35. The largest absolute Gasteiger partial charge is 0.462 e. The van der Waals surface area contributed by atoms with Crippen molar-refractivity contribution in [1.82, 2.24) is 0 Å². The van der Waals surface area contributed by atoms with Gasteiger partial charge in [0.25, 0.3) is 0 Å². The molecule has 6 heteroatoms. The summed E-state index contributed by atoms with van der Waals surface area (Å²) in [6, 6.07) is 0. The summed E-state index contributed by atoms with van der Waals surface area (Å²) < 4.78 is 16.9. The molecule has 63 heavy (non-hydrogen) atoms. The third-order valence-electron chi connectivity index (χ3n) is 13.3. The van der Waals surface area contributed by atoms with Gasteiger partial charge < -0.3 is 14.2 Å². The third-order valence-corrected chi connectivity index (χ3v) is 13.3. The highest BCUT2D eigenvalue weighted by Gasteiger charge is 2.19. The molecule has 0 aliphatic heterocycles. The van der Waals surface area contributed by atoms with E-state index in [1.165, 1.54) is 205 Å². The van der Waals surface area contributed by atoms with Crippen molar-refractivity contribution in [3.8, 4) is 0 Å². The molecule has 0 spiro atoms. The zero-order valence-electron chi connectivity index (χ0n) is 43.2. The van der Waals surface area contributed by atoms with Crippen LogP contribution in [0.15, 0.2) is 0 Å². The first-order chi connectivity index (χ1) is 30.8. The van der Waals surface area contributed by atoms with Crippen molar-refractivity contribution in [2.45, 2.75) is 323 Å². The maximum Gasteiger partial charge on any atom is 0.306 e. The Morgan fingerprint density at radius 3 is 0.905 bits per heavy atom. The topological polar surface area (TPSA) is 78.9 Å². The van der Waals surface area contributed by atoms with E-state index < -0.39 is 6.10 Å². The van der Waals surface area contributed by atoms with Crippen molar-refractivity contribution < 1.29 is 28.6 Å². The van der Waals surface area contributed by atoms with E-state index in [2.05, 4.69) is 34.6 Å². The fourth-order valence-electron chi connectivity index (χ4n) is 8.66. The summed E-state index contributed by atoms with van der Waals surface area (Å²) in [4.78, 5) is 38.1. The SMILES string of the molecule is CCCCCCCCCCCCCCCCC(=O)OC[C@H](COC(=O)CCCCCCCCCCCCC(C)C)OC(=O)CCCCCCCCCCCCCCCCC(C)CC. The molecule has 0 aliphatic carbocycles. The number of ether oxygens (including phenoxy) is 3. The normalized spacial score (nSPS) is 12.5. The molecule has 374 valence electrons. The molecule has 6 nitrogen and oxygen atoms in total. The van der Waals surface area contributed by atoms with E-state index in [4.69, 9.17) is 14.2 Å². The minimum Gasteiger partial charge on any atom is -0.462 e. The highest BCUT2D eigenvalue weighted by atomic mass is 16.6. The van der Waals surface area contributed by atoms with Gasteiger partial charge in [-0.1, -0.05) is 279 Å². The Morgan fingerprint density at radius 1 is 0.333 bits per heavy atom. The van der Waals surface area contributed by atoms with E-state index >= 15 is 0 Å². The van der Waals surface area contributed by atoms with Crippen LogP contribution in [0.25, 0.3) is 0 Å². The summed E-state index contributed by atoms with van der Waals surface area (Å²) in [6.45, 7) is 11.4. The Morgan fingerprint density at radius 2 is 0.603 bits per heavy atom. The van der Waals surface area contributed by atoms with Crippen LogP contribution in [0.3, 0.4) is 0 Å². The van der Waals surface area contributed by atoms with Crippen molar-refractivity contribution in [2.75, 3.05) is 13.2 Å². The summed E-state index contributed by atoms with van der Waals surface area (Å²) in [5.74, 6) is 0.871. The number of rotatable bonds is 51. The van der Waals surface area contributed by atoms with Gasteiger partial charge in [0.2, 0.25) is 0 Å². The molecule has 1 unspecified atom stereocenters. The van der Waals surface area contributed by atoms with E-state index in [-0.39, 0.29) is 31.1 Å². The van der Waals surface area contributed by atoms with Crippen LogP contribution in [0.1, 0.15) is 317 Å². The summed E-state index contributed by atoms with van der Waals surface area (Å²) in [5, 5.41) is 0. The average molecular weight is 892 g/mol. The van der Waals surface area contributed by atoms with Crippen LogP contribution >= 0.6 is 0 Å². The average Bonchev–Trinajstić information content (AvgIpc) is 3.27. The summed E-state index contributed by atoms with van der Waals surface area (Å²) in [5.41, 5.74) is 0. The van der Waals surface area contributed by atoms with Crippen LogP contribution in [0.2, 0.25) is 0 Å². The van der Waals surface area contributed by atoms with Crippen molar-refractivity contribution in [3.05, 3.63) is 0 Å². The van der Waals surface area contributed by atoms with Crippen LogP contribution in [0.5, 0.6) is 0 Å². The molecule has 0 aromatic rings. The Kier molecular flexibility index (Phi) is 48.6. The smallest absolute Gasteiger partial charge is 0.306 e. The van der Waals surface area contributed by atoms with Gasteiger partial charge in [0, 0.05) is 19.3 Å². The lowest BCUT2D eigenvalue weighted by atomic mass is 9.99. The Balaban J connectivity index is 4.30. The molecule has 0 aliphatic rings. The molecule has 0 saturated heterocycles. The Hall–Kier alpha value is -1.59. The van der Waals surface area contributed by atoms with Crippen LogP contribution in [0.4, 0.5) is 0 Å². The van der Waals surface area contributed by atoms with Crippen LogP contribution < -0.4 is 0 Å². The molecule has 2 atom stereocenters. The summed E-state index contributed by atoms with van der Waals surface area (Å²) >= 11 is 0. The van der Waals surface area contributed by atoms with Crippen molar-refractivity contribution in [1.29, 1.82) is 0 Å². The van der Waals surface area contributed by atoms with Crippen LogP contribution in [0, 0.1) is 11.8 Å². The molecule has 0 aromatic heterocycles. The van der Waals surface area contributed by atoms with Crippen molar-refractivity contribution >= 4 is 17.9 Å². The van der Waals surface area contributed by atoms with Gasteiger partial charge >= 0.3 is 17.9 Å². The number of hydrogen-bond acceptors (Lipinski definition) is 6. The van der Waals surface area contributed by atoms with E-state index in [1.807, 2.05) is 0 Å². The van der Waals surface area contributed by atoms with Gasteiger partial charge in [-0.2, -0.15) is 0 Å². The Labute approximate surface area is 393 Å². The molecule has 0 aromatic carbocycles. The summed E-state index contributed by atoms with van der Waals surface area (Å²) in [7, 11) is 0. The first-order valence-electron chi connectivity index (χ1n) is 28.3. The molecular weight excluding hydrogens is 781 g/mol. The maximum absolute atomic E-state index is 12.8. The van der Waals surface area contributed by atoms with Gasteiger partial charge in [-0.3, -0.25) is 14.4 Å². The monoisotopic (exact) mass is 891 g/mol. The maximum atomic E-state index is 12.8. The fourth-order valence-corrected chi connectivity index (χ4v) is 8.66. The predicted molar refractivity (Wildman–Crippen MR) is 270 cm³/mol. The van der Waals surface area contributed by atoms with Crippen LogP contribution in [-0.2, 0) is 28.6 Å². The lowest BCUT2D eigenvalue weighted by molar-refractivity contribution is -0.167. The lowest BCUT2D eigenvalue weighted by Gasteiger charge is -2.18. The lowest BCUT2D eigenvalue weighted by Crippen LogP contribution is -2.30. The molecule has 0 bridgehead atoms. The molecule has 0 N–H and O–H groups in total. The number of hydrogen-bond donors (Lipinski definition) is 0. The van der Waals surface area contributed by atoms with Gasteiger partial charge in [-0.25, -0.2) is 0 Å². The second kappa shape index (κ2) is 49.8. The third kappa shape index (κ3) is 49.7. The highest BCUT2D eigenvalue weighted by Crippen LogP contribution is 2.18. The minimum atomic E-state index is -0.762. The quantitative estimate of drug-likeness (QED) is 0.0344. The minimum absolute atomic E-state index is 0.0629. The number of carbonyl (C=O) groups is 3. The van der Waals surface area contributed by atoms with Gasteiger partial charge in [0.1, 0.15) is 13.2 Å². The standard InChI is InChI=1S/C57H110O6/c1-6-8-9-10-11-12-13-14-18-21-27-32-37-42-47-55(58)61-50-54(51-62-56(59)48-43-38-33-28-24-23-25-30-35-40-45-52(3)4)63-57(60)49-44-39-34-29-22-19-16-15-17-20-26-31-36-41-46-53(5)7-2/h52-54H,6-51H2,1-5H3/t53?,54-/m1/s1. The van der Waals surface area contributed by atoms with E-state index in [0.29, 0.717) is 19.3 Å². The second-order valence-electron chi connectivity index (χ2n) is 20.3. The zero-order valence-corrected chi connectivity index (χ0v) is 43.2. The van der Waals surface area contributed by atoms with Crippen LogP contribution in [-0.4, -0.2) is 37.2 Å². The molecule has 0 saturated carbocycles. The molecular formula is C57H110O6. The molecule has 0 rings (SSSR count). The second-order valence-corrected chi connectivity index (χ2v) is 20.3. The molecule has 0 amide bonds. The fraction of sp³-hybridized carbons (Fsp3) is 0.947. The summed E-state index contributed by atoms with van der Waals surface area (Å²) in [6.07, 6.45) is 52.2. The molecule has 0 heterocycles. The van der Waals surface area contributed by atoms with Gasteiger partial charge in [-0.05, 0) is 31.1 Å². The van der Waals surface area contributed by atoms with Crippen molar-refractivity contribution in [2.24, 2.45) is 11.8 Å². The number of esters is 3. The van der Waals surface area contributed by atoms with E-state index in [1.54, 1.807) is 0 Å². The molecule has 0 fully saturated rings. The van der Waals surface area contributed by atoms with Gasteiger partial charge in [0.15, 0.2) is 6.10 Å². The van der Waals surface area contributed by atoms with E-state index in [9.17, 15) is 14.4 Å². The van der Waals surface area contributed by atoms with E-state index in [0.717, 1.165) is 69.6 Å². The molecule has 0 radical (unpaired) electrons. The number of carbonyl (C=O) groups excluding carboxylic acids is 3. The first kappa shape index (κ1) is 61.4. The highest BCUT2D eigenvalue weighted by molar-refractivity contribution is 5.71. The zero-order chi connectivity index (χ0) is 46.1. The van der Waals surface area contributed by atoms with Gasteiger partial charge in [-0.15, -0.1) is 0 Å².